The summed E-state index contributed by atoms with van der Waals surface area (Å²) in [5.41, 5.74) is 0. The van der Waals surface area contributed by atoms with Crippen LogP contribution in [0.4, 0.5) is 0 Å². The normalized spacial score (nSPS) is 26.0. The van der Waals surface area contributed by atoms with Crippen molar-refractivity contribution in [3.63, 3.8) is 0 Å². The molecule has 0 aliphatic carbocycles. The first-order valence-electron chi connectivity index (χ1n) is 10.7. The molecule has 0 amide bonds. The third-order valence-electron chi connectivity index (χ3n) is 5.19. The second-order valence-corrected chi connectivity index (χ2v) is 8.26. The summed E-state index contributed by atoms with van der Waals surface area (Å²) < 4.78 is 11.5. The molecule has 8 heteroatoms. The highest BCUT2D eigenvalue weighted by atomic mass is 127. The van der Waals surface area contributed by atoms with Crippen molar-refractivity contribution in [1.29, 1.82) is 0 Å². The zero-order valence-electron chi connectivity index (χ0n) is 18.4. The number of guanidine groups is 1. The molecule has 2 heterocycles. The number of morpholine rings is 2. The third-order valence-corrected chi connectivity index (χ3v) is 5.19. The van der Waals surface area contributed by atoms with Gasteiger partial charge in [0, 0.05) is 51.4 Å². The van der Waals surface area contributed by atoms with Crippen LogP contribution in [0, 0.1) is 5.92 Å². The molecule has 0 spiro atoms. The topological polar surface area (TPSA) is 61.4 Å². The number of hydrogen-bond acceptors (Lipinski definition) is 5. The van der Waals surface area contributed by atoms with E-state index in [1.165, 1.54) is 0 Å². The van der Waals surface area contributed by atoms with Crippen LogP contribution in [-0.2, 0) is 9.47 Å². The molecule has 7 nitrogen and oxygen atoms in total. The third kappa shape index (κ3) is 9.11. The molecule has 166 valence electrons. The summed E-state index contributed by atoms with van der Waals surface area (Å²) in [5.74, 6) is 1.58. The van der Waals surface area contributed by atoms with Crippen molar-refractivity contribution in [3.8, 4) is 0 Å². The number of halogens is 1. The van der Waals surface area contributed by atoms with Gasteiger partial charge in [-0.2, -0.15) is 0 Å². The van der Waals surface area contributed by atoms with E-state index in [2.05, 4.69) is 55.1 Å². The highest BCUT2D eigenvalue weighted by Crippen LogP contribution is 2.11. The molecular weight excluding hydrogens is 469 g/mol. The second-order valence-electron chi connectivity index (χ2n) is 8.26. The molecule has 2 rings (SSSR count). The van der Waals surface area contributed by atoms with E-state index in [1.807, 2.05) is 0 Å². The fourth-order valence-corrected chi connectivity index (χ4v) is 3.86. The summed E-state index contributed by atoms with van der Waals surface area (Å²) in [4.78, 5) is 9.81. The Labute approximate surface area is 189 Å². The average molecular weight is 511 g/mol. The van der Waals surface area contributed by atoms with Crippen LogP contribution in [0.3, 0.4) is 0 Å². The molecular formula is C20H42IN5O2. The monoisotopic (exact) mass is 511 g/mol. The van der Waals surface area contributed by atoms with Crippen molar-refractivity contribution in [1.82, 2.24) is 20.4 Å². The Hall–Kier alpha value is -0.160. The molecule has 0 bridgehead atoms. The smallest absolute Gasteiger partial charge is 0.191 e. The van der Waals surface area contributed by atoms with Gasteiger partial charge in [0.25, 0.3) is 0 Å². The van der Waals surface area contributed by atoms with Gasteiger partial charge in [-0.25, -0.2) is 0 Å². The number of hydrogen-bond donors (Lipinski definition) is 2. The lowest BCUT2D eigenvalue weighted by atomic mass is 10.2. The Balaban J connectivity index is 0.00000392. The van der Waals surface area contributed by atoms with Gasteiger partial charge in [-0.05, 0) is 26.7 Å². The fraction of sp³-hybridized carbons (Fsp3) is 0.950. The summed E-state index contributed by atoms with van der Waals surface area (Å²) in [5, 5.41) is 6.84. The van der Waals surface area contributed by atoms with Gasteiger partial charge in [0.1, 0.15) is 0 Å². The zero-order chi connectivity index (χ0) is 19.6. The van der Waals surface area contributed by atoms with Gasteiger partial charge in [0.15, 0.2) is 5.96 Å². The van der Waals surface area contributed by atoms with E-state index in [9.17, 15) is 0 Å². The van der Waals surface area contributed by atoms with Crippen LogP contribution < -0.4 is 10.6 Å². The highest BCUT2D eigenvalue weighted by Gasteiger charge is 2.24. The molecule has 0 aromatic rings. The first-order valence-corrected chi connectivity index (χ1v) is 10.7. The van der Waals surface area contributed by atoms with E-state index < -0.39 is 0 Å². The molecule has 2 aliphatic heterocycles. The van der Waals surface area contributed by atoms with Crippen LogP contribution in [0.2, 0.25) is 0 Å². The van der Waals surface area contributed by atoms with E-state index in [-0.39, 0.29) is 30.1 Å². The van der Waals surface area contributed by atoms with Crippen molar-refractivity contribution in [3.05, 3.63) is 0 Å². The minimum atomic E-state index is 0. The largest absolute Gasteiger partial charge is 0.379 e. The highest BCUT2D eigenvalue weighted by molar-refractivity contribution is 14.0. The zero-order valence-corrected chi connectivity index (χ0v) is 20.8. The number of nitrogens with one attached hydrogen (secondary N) is 2. The van der Waals surface area contributed by atoms with E-state index >= 15 is 0 Å². The molecule has 2 aliphatic rings. The van der Waals surface area contributed by atoms with E-state index in [4.69, 9.17) is 14.5 Å². The van der Waals surface area contributed by atoms with Crippen molar-refractivity contribution in [2.75, 3.05) is 65.6 Å². The average Bonchev–Trinajstić information content (AvgIpc) is 2.64. The van der Waals surface area contributed by atoms with Crippen LogP contribution in [0.5, 0.6) is 0 Å². The van der Waals surface area contributed by atoms with Crippen molar-refractivity contribution in [2.24, 2.45) is 10.9 Å². The summed E-state index contributed by atoms with van der Waals surface area (Å²) in [6.07, 6.45) is 0.220. The Bertz CT molecular complexity index is 452. The Morgan fingerprint density at radius 1 is 1.18 bits per heavy atom. The number of rotatable bonds is 8. The fourth-order valence-electron chi connectivity index (χ4n) is 3.86. The molecule has 28 heavy (non-hydrogen) atoms. The van der Waals surface area contributed by atoms with Crippen molar-refractivity contribution >= 4 is 29.9 Å². The standard InChI is InChI=1S/C20H41N5O2.HI/c1-6-21-20(22-11-17(4)25-8-9-26-15-18(25)5)23-12-19-14-24(7-10-27-19)13-16(2)3;/h16-19H,6-15H2,1-5H3,(H2,21,22,23);1H. The Kier molecular flexibility index (Phi) is 12.9. The first-order chi connectivity index (χ1) is 13.0. The summed E-state index contributed by atoms with van der Waals surface area (Å²) in [6, 6.07) is 0.869. The molecule has 0 aromatic heterocycles. The second kappa shape index (κ2) is 14.0. The van der Waals surface area contributed by atoms with E-state index in [1.54, 1.807) is 0 Å². The minimum Gasteiger partial charge on any atom is -0.379 e. The van der Waals surface area contributed by atoms with Crippen molar-refractivity contribution in [2.45, 2.75) is 52.8 Å². The lowest BCUT2D eigenvalue weighted by Crippen LogP contribution is -2.51. The summed E-state index contributed by atoms with van der Waals surface area (Å²) >= 11 is 0. The van der Waals surface area contributed by atoms with Crippen LogP contribution in [-0.4, -0.2) is 99.6 Å². The van der Waals surface area contributed by atoms with Crippen LogP contribution in [0.25, 0.3) is 0 Å². The van der Waals surface area contributed by atoms with E-state index in [0.717, 1.165) is 71.6 Å². The maximum atomic E-state index is 5.94. The molecule has 2 N–H and O–H groups in total. The number of nitrogens with zero attached hydrogens (tertiary/aromatic N) is 3. The maximum absolute atomic E-state index is 5.94. The molecule has 0 aromatic carbocycles. The van der Waals surface area contributed by atoms with Gasteiger partial charge in [-0.1, -0.05) is 13.8 Å². The number of ether oxygens (including phenoxy) is 2. The van der Waals surface area contributed by atoms with Gasteiger partial charge in [0.2, 0.25) is 0 Å². The van der Waals surface area contributed by atoms with Gasteiger partial charge in [0.05, 0.1) is 32.5 Å². The molecule has 3 unspecified atom stereocenters. The molecule has 2 fully saturated rings. The quantitative estimate of drug-likeness (QED) is 0.294. The van der Waals surface area contributed by atoms with Crippen molar-refractivity contribution < 1.29 is 9.47 Å². The Morgan fingerprint density at radius 3 is 2.64 bits per heavy atom. The lowest BCUT2D eigenvalue weighted by molar-refractivity contribution is -0.0284. The summed E-state index contributed by atoms with van der Waals surface area (Å²) in [7, 11) is 0. The summed E-state index contributed by atoms with van der Waals surface area (Å²) in [6.45, 7) is 20.2. The lowest BCUT2D eigenvalue weighted by Gasteiger charge is -2.37. The maximum Gasteiger partial charge on any atom is 0.191 e. The molecule has 2 saturated heterocycles. The van der Waals surface area contributed by atoms with E-state index in [0.29, 0.717) is 18.0 Å². The van der Waals surface area contributed by atoms with Gasteiger partial charge < -0.3 is 20.1 Å². The van der Waals surface area contributed by atoms with Crippen LogP contribution in [0.1, 0.15) is 34.6 Å². The predicted octanol–water partition coefficient (Wildman–Crippen LogP) is 1.63. The molecule has 0 radical (unpaired) electrons. The minimum absolute atomic E-state index is 0. The van der Waals surface area contributed by atoms with Crippen LogP contribution in [0.15, 0.2) is 4.99 Å². The van der Waals surface area contributed by atoms with Gasteiger partial charge >= 0.3 is 0 Å². The predicted molar refractivity (Wildman–Crippen MR) is 127 cm³/mol. The van der Waals surface area contributed by atoms with Gasteiger partial charge in [-0.3, -0.25) is 14.8 Å². The SMILES string of the molecule is CCNC(=NCC(C)N1CCOCC1C)NCC1CN(CC(C)C)CCO1.I. The molecule has 3 atom stereocenters. The number of aliphatic imine (C=N–C) groups is 1. The Morgan fingerprint density at radius 2 is 1.96 bits per heavy atom. The first kappa shape index (κ1) is 25.9. The molecule has 0 saturated carbocycles. The van der Waals surface area contributed by atoms with Gasteiger partial charge in [-0.15, -0.1) is 24.0 Å². The van der Waals surface area contributed by atoms with Crippen LogP contribution >= 0.6 is 24.0 Å².